The molecule has 8 nitrogen and oxygen atoms in total. The Kier molecular flexibility index (Phi) is 11.1. The number of fused-ring (bicyclic) bond motifs is 2. The van der Waals surface area contributed by atoms with Crippen LogP contribution in [0.3, 0.4) is 0 Å². The van der Waals surface area contributed by atoms with Crippen LogP contribution in [0.5, 0.6) is 0 Å². The molecule has 2 N–H and O–H groups in total. The van der Waals surface area contributed by atoms with Crippen molar-refractivity contribution in [1.29, 1.82) is 0 Å². The van der Waals surface area contributed by atoms with Crippen LogP contribution < -0.4 is 0 Å². The summed E-state index contributed by atoms with van der Waals surface area (Å²) in [6, 6.07) is 0.361. The van der Waals surface area contributed by atoms with Gasteiger partial charge in [-0.3, -0.25) is 8.98 Å². The zero-order valence-electron chi connectivity index (χ0n) is 26.9. The van der Waals surface area contributed by atoms with Crippen molar-refractivity contribution in [2.24, 2.45) is 35.5 Å². The normalized spacial score (nSPS) is 47.3. The van der Waals surface area contributed by atoms with Crippen LogP contribution in [0.1, 0.15) is 88.5 Å². The molecule has 9 heteroatoms. The van der Waals surface area contributed by atoms with E-state index in [1.807, 2.05) is 20.8 Å². The first-order valence-corrected chi connectivity index (χ1v) is 16.2. The van der Waals surface area contributed by atoms with Crippen molar-refractivity contribution in [3.05, 3.63) is 0 Å². The fourth-order valence-electron chi connectivity index (χ4n) is 7.55. The number of rotatable bonds is 7. The van der Waals surface area contributed by atoms with Gasteiger partial charge in [0, 0.05) is 29.9 Å². The zero-order valence-corrected chi connectivity index (χ0v) is 27.7. The number of aliphatic hydroxyl groups is 2. The highest BCUT2D eigenvalue weighted by Crippen LogP contribution is 2.51. The van der Waals surface area contributed by atoms with E-state index in [0.29, 0.717) is 12.5 Å². The molecule has 3 heterocycles. The zero-order chi connectivity index (χ0) is 30.3. The van der Waals surface area contributed by atoms with Gasteiger partial charge in [0.25, 0.3) is 0 Å². The minimum atomic E-state index is -1.61. The third kappa shape index (κ3) is 6.71. The smallest absolute Gasteiger partial charge is 0.309 e. The molecular weight excluding hydrogens is 530 g/mol. The van der Waals surface area contributed by atoms with Gasteiger partial charge in [-0.1, -0.05) is 48.5 Å². The fraction of sp³-hybridized carbons (Fsp3) is 0.968. The lowest BCUT2D eigenvalue weighted by Gasteiger charge is -2.44. The molecule has 3 rings (SSSR count). The number of hydrogen-bond donors (Lipinski definition) is 2. The second-order valence-electron chi connectivity index (χ2n) is 14.0. The Morgan fingerprint density at radius 1 is 1.10 bits per heavy atom. The Morgan fingerprint density at radius 2 is 1.73 bits per heavy atom. The largest absolute Gasteiger partial charge is 0.459 e. The van der Waals surface area contributed by atoms with Crippen LogP contribution in [0.2, 0.25) is 0 Å². The molecule has 3 aliphatic heterocycles. The van der Waals surface area contributed by atoms with Crippen molar-refractivity contribution in [3.8, 4) is 0 Å². The van der Waals surface area contributed by atoms with Gasteiger partial charge in [0.1, 0.15) is 11.7 Å². The Hall–Kier alpha value is -0.420. The molecular formula is C31H57NO7S. The van der Waals surface area contributed by atoms with E-state index in [1.165, 1.54) is 12.0 Å². The third-order valence-corrected chi connectivity index (χ3v) is 12.0. The van der Waals surface area contributed by atoms with E-state index in [9.17, 15) is 15.0 Å². The lowest BCUT2D eigenvalue weighted by molar-refractivity contribution is -0.202. The second kappa shape index (κ2) is 13.1. The van der Waals surface area contributed by atoms with Crippen molar-refractivity contribution in [3.63, 3.8) is 0 Å². The Labute approximate surface area is 247 Å². The van der Waals surface area contributed by atoms with Gasteiger partial charge < -0.3 is 29.3 Å². The molecule has 0 aromatic carbocycles. The average molecular weight is 588 g/mol. The molecule has 15 atom stereocenters. The van der Waals surface area contributed by atoms with Crippen LogP contribution in [0.15, 0.2) is 0 Å². The number of hydrogen-bond acceptors (Lipinski definition) is 9. The van der Waals surface area contributed by atoms with Crippen molar-refractivity contribution in [2.75, 3.05) is 14.1 Å². The Morgan fingerprint density at radius 3 is 2.30 bits per heavy atom. The van der Waals surface area contributed by atoms with Crippen LogP contribution in [-0.4, -0.2) is 88.4 Å². The molecule has 0 aromatic heterocycles. The molecule has 0 spiro atoms. The van der Waals surface area contributed by atoms with Gasteiger partial charge in [-0.15, -0.1) is 0 Å². The van der Waals surface area contributed by atoms with Crippen molar-refractivity contribution >= 4 is 18.0 Å². The minimum Gasteiger partial charge on any atom is -0.459 e. The summed E-state index contributed by atoms with van der Waals surface area (Å²) in [4.78, 5) is 15.8. The van der Waals surface area contributed by atoms with Crippen LogP contribution >= 0.6 is 12.0 Å². The quantitative estimate of drug-likeness (QED) is 0.319. The van der Waals surface area contributed by atoms with E-state index in [2.05, 4.69) is 60.5 Å². The maximum Gasteiger partial charge on any atom is 0.309 e. The molecule has 234 valence electrons. The number of aliphatic hydroxyl groups excluding tert-OH is 1. The SMILES string of the molecule is CC[C@@H](O)[C@@](C)(O)C1OC(=O)[C@H](C)C(C)C(C)[C@@H](SOC2OC(C)CC(N(C)C)C2C)[C@]2(C)CC(C)C(O2)[C@@H]1C. The Bertz CT molecular complexity index is 858. The van der Waals surface area contributed by atoms with Crippen LogP contribution in [0.25, 0.3) is 0 Å². The Balaban J connectivity index is 1.96. The average Bonchev–Trinajstić information content (AvgIpc) is 3.20. The molecule has 0 amide bonds. The predicted molar refractivity (Wildman–Crippen MR) is 159 cm³/mol. The maximum absolute atomic E-state index is 13.6. The number of cyclic esters (lactones) is 1. The van der Waals surface area contributed by atoms with Gasteiger partial charge in [-0.2, -0.15) is 0 Å². The summed E-state index contributed by atoms with van der Waals surface area (Å²) in [6.45, 7) is 20.1. The summed E-state index contributed by atoms with van der Waals surface area (Å²) in [7, 11) is 4.22. The third-order valence-electron chi connectivity index (χ3n) is 10.5. The highest BCUT2D eigenvalue weighted by atomic mass is 32.2. The number of ether oxygens (including phenoxy) is 3. The van der Waals surface area contributed by atoms with Gasteiger partial charge in [-0.05, 0) is 71.9 Å². The molecule has 3 saturated heterocycles. The molecule has 2 bridgehead atoms. The number of esters is 1. The van der Waals surface area contributed by atoms with Crippen molar-refractivity contribution < 1.29 is 33.4 Å². The molecule has 0 aromatic rings. The summed E-state index contributed by atoms with van der Waals surface area (Å²) in [5, 5.41) is 22.2. The van der Waals surface area contributed by atoms with E-state index in [4.69, 9.17) is 18.4 Å². The fourth-order valence-corrected chi connectivity index (χ4v) is 8.78. The standard InChI is InChI=1S/C31H57NO7S/c1-13-24(33)31(10,35)26-22(8)25-16(2)15-30(9,38-25)27(19(5)18(4)20(6)28(34)37-26)40-39-29-21(7)23(32(11)12)14-17(3)36-29/h16-27,29,33,35H,13-15H2,1-12H3/t16?,17?,18?,19?,20-,21?,22+,23?,24-,25?,26?,27-,29?,30+,31-/m1/s1. The van der Waals surface area contributed by atoms with Gasteiger partial charge in [0.05, 0.1) is 35.1 Å². The molecule has 3 aliphatic rings. The molecule has 0 aliphatic carbocycles. The molecule has 0 radical (unpaired) electrons. The van der Waals surface area contributed by atoms with E-state index < -0.39 is 29.3 Å². The van der Waals surface area contributed by atoms with Crippen molar-refractivity contribution in [2.45, 2.75) is 142 Å². The molecule has 9 unspecified atom stereocenters. The van der Waals surface area contributed by atoms with Gasteiger partial charge in [0.2, 0.25) is 0 Å². The first kappa shape index (κ1) is 34.1. The molecule has 0 saturated carbocycles. The number of carbonyl (C=O) groups is 1. The van der Waals surface area contributed by atoms with E-state index in [1.54, 1.807) is 6.92 Å². The first-order valence-electron chi connectivity index (χ1n) is 15.4. The monoisotopic (exact) mass is 587 g/mol. The van der Waals surface area contributed by atoms with E-state index >= 15 is 0 Å². The highest BCUT2D eigenvalue weighted by molar-refractivity contribution is 7.95. The van der Waals surface area contributed by atoms with Crippen LogP contribution in [0.4, 0.5) is 0 Å². The summed E-state index contributed by atoms with van der Waals surface area (Å²) in [5.74, 6) is -0.742. The van der Waals surface area contributed by atoms with Crippen LogP contribution in [0, 0.1) is 35.5 Å². The van der Waals surface area contributed by atoms with Crippen molar-refractivity contribution in [1.82, 2.24) is 4.90 Å². The van der Waals surface area contributed by atoms with Gasteiger partial charge in [0.15, 0.2) is 6.29 Å². The lowest BCUT2D eigenvalue weighted by Crippen LogP contribution is -2.57. The summed E-state index contributed by atoms with van der Waals surface area (Å²) < 4.78 is 25.9. The minimum absolute atomic E-state index is 0.0448. The molecule has 3 fully saturated rings. The summed E-state index contributed by atoms with van der Waals surface area (Å²) in [6.07, 6.45) is -0.334. The van der Waals surface area contributed by atoms with E-state index in [0.717, 1.165) is 12.8 Å². The first-order chi connectivity index (χ1) is 18.5. The summed E-state index contributed by atoms with van der Waals surface area (Å²) >= 11 is 1.45. The lowest BCUT2D eigenvalue weighted by atomic mass is 9.75. The number of nitrogens with zero attached hydrogens (tertiary/aromatic N) is 1. The predicted octanol–water partition coefficient (Wildman–Crippen LogP) is 4.90. The summed E-state index contributed by atoms with van der Waals surface area (Å²) in [5.41, 5.74) is -2.14. The number of carbonyl (C=O) groups excluding carboxylic acids is 1. The second-order valence-corrected chi connectivity index (χ2v) is 14.9. The molecule has 40 heavy (non-hydrogen) atoms. The van der Waals surface area contributed by atoms with E-state index in [-0.39, 0.29) is 59.3 Å². The highest BCUT2D eigenvalue weighted by Gasteiger charge is 2.56. The van der Waals surface area contributed by atoms with Crippen LogP contribution in [-0.2, 0) is 23.2 Å². The maximum atomic E-state index is 13.6. The topological polar surface area (TPSA) is 97.7 Å². The van der Waals surface area contributed by atoms with Gasteiger partial charge in [-0.25, -0.2) is 0 Å². The van der Waals surface area contributed by atoms with Gasteiger partial charge >= 0.3 is 5.97 Å².